The first kappa shape index (κ1) is 20.0. The summed E-state index contributed by atoms with van der Waals surface area (Å²) in [6, 6.07) is 10.2. The first-order valence-electron chi connectivity index (χ1n) is 9.27. The fraction of sp³-hybridized carbons (Fsp3) is 0.474. The molecule has 1 amide bonds. The quantitative estimate of drug-likeness (QED) is 0.569. The molecule has 1 aromatic heterocycles. The topological polar surface area (TPSA) is 103 Å². The van der Waals surface area contributed by atoms with Gasteiger partial charge in [0.1, 0.15) is 17.9 Å². The van der Waals surface area contributed by atoms with Crippen molar-refractivity contribution in [3.05, 3.63) is 57.4 Å². The van der Waals surface area contributed by atoms with Crippen LogP contribution in [0.5, 0.6) is 0 Å². The lowest BCUT2D eigenvalue weighted by Gasteiger charge is -2.33. The molecule has 150 valence electrons. The predicted molar refractivity (Wildman–Crippen MR) is 103 cm³/mol. The highest BCUT2D eigenvalue weighted by Crippen LogP contribution is 2.21. The lowest BCUT2D eigenvalue weighted by atomic mass is 10.2. The molecule has 1 aliphatic heterocycles. The summed E-state index contributed by atoms with van der Waals surface area (Å²) in [5.74, 6) is -0.246. The molecule has 1 unspecified atom stereocenters. The average molecular weight is 387 g/mol. The Hall–Kier alpha value is -2.78. The van der Waals surface area contributed by atoms with E-state index in [0.29, 0.717) is 24.5 Å². The first-order chi connectivity index (χ1) is 13.4. The van der Waals surface area contributed by atoms with Gasteiger partial charge in [0.05, 0.1) is 17.6 Å². The number of hydrogen-bond donors (Lipinski definition) is 1. The molecule has 0 saturated carbocycles. The average Bonchev–Trinajstić information content (AvgIpc) is 2.94. The predicted octanol–water partition coefficient (Wildman–Crippen LogP) is 1.43. The van der Waals surface area contributed by atoms with E-state index < -0.39 is 4.92 Å². The van der Waals surface area contributed by atoms with Gasteiger partial charge in [0.2, 0.25) is 5.91 Å². The van der Waals surface area contributed by atoms with Crippen LogP contribution in [0.15, 0.2) is 30.3 Å². The van der Waals surface area contributed by atoms with Crippen LogP contribution in [0.1, 0.15) is 17.0 Å². The molecule has 0 spiro atoms. The van der Waals surface area contributed by atoms with Crippen molar-refractivity contribution in [1.29, 1.82) is 0 Å². The van der Waals surface area contributed by atoms with Crippen molar-refractivity contribution in [3.63, 3.8) is 0 Å². The zero-order valence-electron chi connectivity index (χ0n) is 16.1. The van der Waals surface area contributed by atoms with Crippen LogP contribution in [0.2, 0.25) is 0 Å². The van der Waals surface area contributed by atoms with Crippen LogP contribution < -0.4 is 5.32 Å². The number of carbonyl (C=O) groups excluding carboxylic acids is 1. The number of aryl methyl sites for hydroxylation is 1. The van der Waals surface area contributed by atoms with E-state index in [9.17, 15) is 14.9 Å². The molecule has 2 aromatic rings. The summed E-state index contributed by atoms with van der Waals surface area (Å²) in [7, 11) is 0. The molecule has 1 atom stereocenters. The zero-order valence-corrected chi connectivity index (χ0v) is 16.1. The molecule has 1 fully saturated rings. The van der Waals surface area contributed by atoms with Gasteiger partial charge in [0.15, 0.2) is 0 Å². The van der Waals surface area contributed by atoms with Gasteiger partial charge in [-0.15, -0.1) is 0 Å². The fourth-order valence-corrected chi connectivity index (χ4v) is 3.41. The van der Waals surface area contributed by atoms with E-state index >= 15 is 0 Å². The maximum Gasteiger partial charge on any atom is 0.312 e. The van der Waals surface area contributed by atoms with Gasteiger partial charge in [-0.2, -0.15) is 5.10 Å². The Morgan fingerprint density at radius 3 is 2.79 bits per heavy atom. The number of nitrogens with one attached hydrogen (secondary N) is 1. The Labute approximate surface area is 163 Å². The van der Waals surface area contributed by atoms with Gasteiger partial charge in [-0.25, -0.2) is 0 Å². The molecule has 3 rings (SSSR count). The lowest BCUT2D eigenvalue weighted by molar-refractivity contribution is -0.386. The Bertz CT molecular complexity index is 836. The van der Waals surface area contributed by atoms with Crippen molar-refractivity contribution < 1.29 is 14.5 Å². The van der Waals surface area contributed by atoms with Crippen molar-refractivity contribution >= 4 is 11.6 Å². The second-order valence-corrected chi connectivity index (χ2v) is 6.95. The van der Waals surface area contributed by atoms with E-state index in [0.717, 1.165) is 19.6 Å². The minimum absolute atomic E-state index is 0.0417. The van der Waals surface area contributed by atoms with Gasteiger partial charge in [-0.05, 0) is 19.4 Å². The second-order valence-electron chi connectivity index (χ2n) is 6.95. The van der Waals surface area contributed by atoms with Crippen molar-refractivity contribution in [3.8, 4) is 0 Å². The van der Waals surface area contributed by atoms with E-state index in [4.69, 9.17) is 4.74 Å². The largest absolute Gasteiger partial charge is 0.374 e. The highest BCUT2D eigenvalue weighted by atomic mass is 16.6. The molecule has 28 heavy (non-hydrogen) atoms. The number of amides is 1. The Morgan fingerprint density at radius 2 is 2.11 bits per heavy atom. The number of carbonyl (C=O) groups is 1. The maximum absolute atomic E-state index is 12.3. The first-order valence-corrected chi connectivity index (χ1v) is 9.27. The minimum Gasteiger partial charge on any atom is -0.374 e. The molecule has 9 nitrogen and oxygen atoms in total. The highest BCUT2D eigenvalue weighted by molar-refractivity contribution is 5.75. The van der Waals surface area contributed by atoms with Crippen LogP contribution >= 0.6 is 0 Å². The van der Waals surface area contributed by atoms with Gasteiger partial charge in [-0.1, -0.05) is 30.3 Å². The molecule has 2 heterocycles. The number of nitro groups is 1. The number of hydrogen-bond acceptors (Lipinski definition) is 6. The van der Waals surface area contributed by atoms with Gasteiger partial charge in [-0.3, -0.25) is 24.5 Å². The van der Waals surface area contributed by atoms with Crippen molar-refractivity contribution in [2.75, 3.05) is 26.2 Å². The van der Waals surface area contributed by atoms with Gasteiger partial charge in [0, 0.05) is 26.2 Å². The normalized spacial score (nSPS) is 17.4. The molecular weight excluding hydrogens is 362 g/mol. The monoisotopic (exact) mass is 387 g/mol. The Balaban J connectivity index is 1.49. The molecule has 1 aromatic carbocycles. The van der Waals surface area contributed by atoms with Crippen molar-refractivity contribution in [2.24, 2.45) is 0 Å². The maximum atomic E-state index is 12.3. The molecule has 0 aliphatic carbocycles. The summed E-state index contributed by atoms with van der Waals surface area (Å²) in [5.41, 5.74) is 1.89. The summed E-state index contributed by atoms with van der Waals surface area (Å²) in [6.07, 6.45) is -0.0868. The number of benzene rings is 1. The van der Waals surface area contributed by atoms with Gasteiger partial charge < -0.3 is 10.1 Å². The minimum atomic E-state index is -0.469. The van der Waals surface area contributed by atoms with Gasteiger partial charge >= 0.3 is 5.69 Å². The number of morpholine rings is 1. The van der Waals surface area contributed by atoms with Crippen LogP contribution in [0.3, 0.4) is 0 Å². The highest BCUT2D eigenvalue weighted by Gasteiger charge is 2.24. The Morgan fingerprint density at radius 1 is 1.36 bits per heavy atom. The SMILES string of the molecule is Cc1nn(CC(=O)NCC2CN(Cc3ccccc3)CCO2)c(C)c1[N+](=O)[O-]. The zero-order chi connectivity index (χ0) is 20.1. The molecule has 0 bridgehead atoms. The molecule has 1 N–H and O–H groups in total. The lowest BCUT2D eigenvalue weighted by Crippen LogP contribution is -2.47. The van der Waals surface area contributed by atoms with Crippen molar-refractivity contribution in [1.82, 2.24) is 20.0 Å². The van der Waals surface area contributed by atoms with Crippen LogP contribution in [0.4, 0.5) is 5.69 Å². The van der Waals surface area contributed by atoms with E-state index in [1.54, 1.807) is 13.8 Å². The number of aromatic nitrogens is 2. The third kappa shape index (κ3) is 4.93. The molecular formula is C19H25N5O4. The summed E-state index contributed by atoms with van der Waals surface area (Å²) in [4.78, 5) is 25.2. The van der Waals surface area contributed by atoms with Crippen LogP contribution in [0.25, 0.3) is 0 Å². The molecule has 1 aliphatic rings. The summed E-state index contributed by atoms with van der Waals surface area (Å²) >= 11 is 0. The molecule has 1 saturated heterocycles. The van der Waals surface area contributed by atoms with Crippen molar-refractivity contribution in [2.45, 2.75) is 33.0 Å². The molecule has 0 radical (unpaired) electrons. The van der Waals surface area contributed by atoms with Crippen LogP contribution in [-0.2, 0) is 22.6 Å². The van der Waals surface area contributed by atoms with Gasteiger partial charge in [0.25, 0.3) is 0 Å². The third-order valence-corrected chi connectivity index (χ3v) is 4.82. The van der Waals surface area contributed by atoms with Crippen LogP contribution in [-0.4, -0.2) is 57.9 Å². The Kier molecular flexibility index (Phi) is 6.37. The number of rotatable bonds is 7. The van der Waals surface area contributed by atoms with E-state index in [2.05, 4.69) is 27.4 Å². The third-order valence-electron chi connectivity index (χ3n) is 4.82. The van der Waals surface area contributed by atoms with Crippen LogP contribution in [0, 0.1) is 24.0 Å². The molecule has 9 heteroatoms. The van der Waals surface area contributed by atoms with E-state index in [1.807, 2.05) is 18.2 Å². The smallest absolute Gasteiger partial charge is 0.312 e. The number of nitrogens with zero attached hydrogens (tertiary/aromatic N) is 4. The number of ether oxygens (including phenoxy) is 1. The van der Waals surface area contributed by atoms with E-state index in [1.165, 1.54) is 10.2 Å². The standard InChI is InChI=1S/C19H25N5O4/c1-14-19(24(26)27)15(2)23(21-14)13-18(25)20-10-17-12-22(8-9-28-17)11-16-6-4-3-5-7-16/h3-7,17H,8-13H2,1-2H3,(H,20,25). The second kappa shape index (κ2) is 8.94. The summed E-state index contributed by atoms with van der Waals surface area (Å²) in [6.45, 7) is 6.57. The summed E-state index contributed by atoms with van der Waals surface area (Å²) < 4.78 is 7.12. The van der Waals surface area contributed by atoms with E-state index in [-0.39, 0.29) is 24.2 Å². The summed E-state index contributed by atoms with van der Waals surface area (Å²) in [5, 5.41) is 18.0. The fourth-order valence-electron chi connectivity index (χ4n) is 3.41.